The highest BCUT2D eigenvalue weighted by atomic mass is 19.4. The zero-order valence-electron chi connectivity index (χ0n) is 16.7. The predicted octanol–water partition coefficient (Wildman–Crippen LogP) is 4.64. The molecule has 31 heavy (non-hydrogen) atoms. The molecule has 2 aromatic rings. The lowest BCUT2D eigenvalue weighted by Gasteiger charge is -2.30. The van der Waals surface area contributed by atoms with Gasteiger partial charge in [-0.15, -0.1) is 10.2 Å². The molecule has 0 aliphatic carbocycles. The van der Waals surface area contributed by atoms with Crippen LogP contribution in [-0.2, 0) is 11.8 Å². The number of nitrogens with zero attached hydrogens (tertiary/aromatic N) is 3. The summed E-state index contributed by atoms with van der Waals surface area (Å²) in [6.07, 6.45) is -9.62. The second-order valence-electron chi connectivity index (χ2n) is 8.16. The summed E-state index contributed by atoms with van der Waals surface area (Å²) in [5.41, 5.74) is -0.670. The van der Waals surface area contributed by atoms with Crippen LogP contribution in [0.3, 0.4) is 0 Å². The molecule has 3 rings (SSSR count). The third-order valence-corrected chi connectivity index (χ3v) is 5.10. The average Bonchev–Trinajstić information content (AvgIpc) is 3.09. The smallest absolute Gasteiger partial charge is 0.416 e. The van der Waals surface area contributed by atoms with Crippen molar-refractivity contribution in [2.75, 3.05) is 11.1 Å². The fourth-order valence-electron chi connectivity index (χ4n) is 3.38. The molecule has 13 heteroatoms. The SMILES string of the molecule is CC1(C)CCCCC[C@@](O)(C(F)(F)F)c2nnc(o2)-c2nc(c(C(F)(F)F)cc2N)N1. The van der Waals surface area contributed by atoms with Gasteiger partial charge in [-0.3, -0.25) is 0 Å². The van der Waals surface area contributed by atoms with Crippen LogP contribution in [0, 0.1) is 0 Å². The van der Waals surface area contributed by atoms with Gasteiger partial charge in [-0.2, -0.15) is 26.3 Å². The molecule has 0 saturated carbocycles. The minimum Gasteiger partial charge on any atom is -0.416 e. The van der Waals surface area contributed by atoms with Crippen LogP contribution in [0.15, 0.2) is 10.5 Å². The number of alkyl halides is 6. The van der Waals surface area contributed by atoms with Crippen molar-refractivity contribution in [1.29, 1.82) is 0 Å². The number of rotatable bonds is 0. The lowest BCUT2D eigenvalue weighted by molar-refractivity contribution is -0.277. The van der Waals surface area contributed by atoms with Crippen molar-refractivity contribution in [2.24, 2.45) is 0 Å². The number of nitrogens with one attached hydrogen (secondary N) is 1. The topological polar surface area (TPSA) is 110 Å². The Balaban J connectivity index is 2.21. The van der Waals surface area contributed by atoms with Gasteiger partial charge in [0.25, 0.3) is 11.8 Å². The standard InChI is InChI=1S/C18H21F6N5O2/c1-15(2)6-4-3-5-7-16(30,18(22,23)24)14-29-28-13(31-14)11-10(25)8-9(17(19,20)21)12(26-11)27-15/h8,30H,3-7,25H2,1-2H3,(H,26,27)/t16-/m0/s1. The van der Waals surface area contributed by atoms with E-state index in [1.54, 1.807) is 13.8 Å². The first-order valence-electron chi connectivity index (χ1n) is 9.43. The fourth-order valence-corrected chi connectivity index (χ4v) is 3.38. The number of halogens is 6. The van der Waals surface area contributed by atoms with Crippen LogP contribution < -0.4 is 11.1 Å². The van der Waals surface area contributed by atoms with Gasteiger partial charge in [0.15, 0.2) is 5.69 Å². The summed E-state index contributed by atoms with van der Waals surface area (Å²) in [4.78, 5) is 3.86. The van der Waals surface area contributed by atoms with Gasteiger partial charge in [0.1, 0.15) is 5.82 Å². The Morgan fingerprint density at radius 3 is 2.32 bits per heavy atom. The maximum atomic E-state index is 13.6. The van der Waals surface area contributed by atoms with Crippen LogP contribution in [0.1, 0.15) is 57.4 Å². The van der Waals surface area contributed by atoms with Crippen molar-refractivity contribution >= 4 is 11.5 Å². The summed E-state index contributed by atoms with van der Waals surface area (Å²) in [7, 11) is 0. The zero-order valence-corrected chi connectivity index (χ0v) is 16.7. The van der Waals surface area contributed by atoms with Gasteiger partial charge in [0.05, 0.1) is 11.3 Å². The minimum atomic E-state index is -5.11. The Hall–Kier alpha value is -2.57. The Morgan fingerprint density at radius 1 is 1.06 bits per heavy atom. The Bertz CT molecular complexity index is 956. The van der Waals surface area contributed by atoms with Crippen LogP contribution in [0.4, 0.5) is 37.8 Å². The Kier molecular flexibility index (Phi) is 5.61. The maximum Gasteiger partial charge on any atom is 0.426 e. The number of nitrogens with two attached hydrogens (primary N) is 1. The van der Waals surface area contributed by atoms with Crippen molar-refractivity contribution in [3.63, 3.8) is 0 Å². The molecule has 1 atom stereocenters. The van der Waals surface area contributed by atoms with Gasteiger partial charge in [-0.05, 0) is 39.2 Å². The molecule has 1 aliphatic heterocycles. The summed E-state index contributed by atoms with van der Waals surface area (Å²) in [5.74, 6) is -2.32. The van der Waals surface area contributed by atoms with E-state index >= 15 is 0 Å². The van der Waals surface area contributed by atoms with Crippen molar-refractivity contribution in [3.8, 4) is 11.6 Å². The van der Waals surface area contributed by atoms with Gasteiger partial charge in [0, 0.05) is 5.54 Å². The molecule has 0 fully saturated rings. The highest BCUT2D eigenvalue weighted by Crippen LogP contribution is 2.44. The normalized spacial score (nSPS) is 22.5. The van der Waals surface area contributed by atoms with E-state index in [0.29, 0.717) is 18.9 Å². The zero-order chi connectivity index (χ0) is 23.2. The highest BCUT2D eigenvalue weighted by Gasteiger charge is 2.58. The molecule has 3 heterocycles. The van der Waals surface area contributed by atoms with Crippen molar-refractivity contribution in [3.05, 3.63) is 17.5 Å². The lowest BCUT2D eigenvalue weighted by Crippen LogP contribution is -2.42. The third-order valence-electron chi connectivity index (χ3n) is 5.10. The Labute approximate surface area is 173 Å². The molecule has 4 bridgehead atoms. The van der Waals surface area contributed by atoms with E-state index in [2.05, 4.69) is 20.5 Å². The third kappa shape index (κ3) is 4.55. The number of nitrogen functional groups attached to an aromatic ring is 1. The molecule has 4 N–H and O–H groups in total. The quantitative estimate of drug-likeness (QED) is 0.499. The van der Waals surface area contributed by atoms with Gasteiger partial charge < -0.3 is 20.6 Å². The molecular weight excluding hydrogens is 432 g/mol. The number of anilines is 2. The van der Waals surface area contributed by atoms with E-state index in [9.17, 15) is 31.4 Å². The fraction of sp³-hybridized carbons (Fsp3) is 0.611. The largest absolute Gasteiger partial charge is 0.426 e. The molecule has 0 radical (unpaired) electrons. The first-order chi connectivity index (χ1) is 14.1. The van der Waals surface area contributed by atoms with Crippen LogP contribution in [0.2, 0.25) is 0 Å². The lowest BCUT2D eigenvalue weighted by atomic mass is 9.92. The number of aliphatic hydroxyl groups is 1. The van der Waals surface area contributed by atoms with Crippen molar-refractivity contribution in [2.45, 2.75) is 69.4 Å². The first kappa shape index (κ1) is 23.1. The van der Waals surface area contributed by atoms with Gasteiger partial charge >= 0.3 is 12.4 Å². The van der Waals surface area contributed by atoms with E-state index in [1.807, 2.05) is 0 Å². The van der Waals surface area contributed by atoms with E-state index in [4.69, 9.17) is 10.2 Å². The summed E-state index contributed by atoms with van der Waals surface area (Å²) < 4.78 is 86.5. The number of pyridine rings is 1. The van der Waals surface area contributed by atoms with Crippen LogP contribution >= 0.6 is 0 Å². The average molecular weight is 453 g/mol. The van der Waals surface area contributed by atoms with Crippen molar-refractivity contribution in [1.82, 2.24) is 15.2 Å². The molecule has 172 valence electrons. The monoisotopic (exact) mass is 453 g/mol. The number of hydrogen-bond donors (Lipinski definition) is 3. The second-order valence-corrected chi connectivity index (χ2v) is 8.16. The summed E-state index contributed by atoms with van der Waals surface area (Å²) in [5, 5.41) is 19.8. The second kappa shape index (κ2) is 7.53. The summed E-state index contributed by atoms with van der Waals surface area (Å²) in [6.45, 7) is 3.29. The molecule has 0 saturated heterocycles. The molecule has 0 aromatic carbocycles. The number of hydrogen-bond acceptors (Lipinski definition) is 7. The number of fused-ring (bicyclic) bond motifs is 5. The van der Waals surface area contributed by atoms with Crippen molar-refractivity contribution < 1.29 is 35.9 Å². The van der Waals surface area contributed by atoms with E-state index in [-0.39, 0.29) is 12.8 Å². The van der Waals surface area contributed by atoms with Gasteiger partial charge in [-0.1, -0.05) is 12.8 Å². The molecular formula is C18H21F6N5O2. The molecule has 1 aliphatic rings. The molecule has 2 aromatic heterocycles. The summed E-state index contributed by atoms with van der Waals surface area (Å²) in [6, 6.07) is 0.604. The predicted molar refractivity (Wildman–Crippen MR) is 97.7 cm³/mol. The van der Waals surface area contributed by atoms with Gasteiger partial charge in [-0.25, -0.2) is 4.98 Å². The number of aromatic nitrogens is 3. The maximum absolute atomic E-state index is 13.6. The molecule has 0 amide bonds. The molecule has 0 spiro atoms. The minimum absolute atomic E-state index is 0.0245. The van der Waals surface area contributed by atoms with Crippen LogP contribution in [0.25, 0.3) is 11.6 Å². The van der Waals surface area contributed by atoms with E-state index in [0.717, 1.165) is 0 Å². The van der Waals surface area contributed by atoms with Gasteiger partial charge in [0.2, 0.25) is 5.60 Å². The van der Waals surface area contributed by atoms with E-state index < -0.39 is 64.5 Å². The van der Waals surface area contributed by atoms with E-state index in [1.165, 1.54) is 0 Å². The van der Waals surface area contributed by atoms with Crippen LogP contribution in [0.5, 0.6) is 0 Å². The first-order valence-corrected chi connectivity index (χ1v) is 9.43. The molecule has 0 unspecified atom stereocenters. The van der Waals surface area contributed by atoms with Crippen LogP contribution in [-0.4, -0.2) is 32.0 Å². The Morgan fingerprint density at radius 2 is 1.71 bits per heavy atom. The summed E-state index contributed by atoms with van der Waals surface area (Å²) >= 11 is 0. The highest BCUT2D eigenvalue weighted by molar-refractivity contribution is 5.71. The molecule has 7 nitrogen and oxygen atoms in total.